The van der Waals surface area contributed by atoms with Gasteiger partial charge in [-0.2, -0.15) is 15.1 Å². The summed E-state index contributed by atoms with van der Waals surface area (Å²) in [5, 5.41) is 27.2. The number of esters is 1. The Morgan fingerprint density at radius 3 is 2.51 bits per heavy atom. The molecule has 20 heteroatoms. The third-order valence-corrected chi connectivity index (χ3v) is 10.7. The lowest BCUT2D eigenvalue weighted by molar-refractivity contribution is -0.156. The maximum absolute atomic E-state index is 14.2. The number of hydrogen-bond acceptors (Lipinski definition) is 15. The molecule has 3 fully saturated rings. The van der Waals surface area contributed by atoms with Gasteiger partial charge in [-0.1, -0.05) is 17.7 Å². The first-order chi connectivity index (χ1) is 21.9. The molecule has 2 aromatic heterocycles. The van der Waals surface area contributed by atoms with E-state index in [4.69, 9.17) is 24.3 Å². The van der Waals surface area contributed by atoms with Gasteiger partial charge in [0, 0.05) is 7.05 Å². The minimum atomic E-state index is -4.43. The van der Waals surface area contributed by atoms with Crippen LogP contribution in [-0.4, -0.2) is 93.0 Å². The van der Waals surface area contributed by atoms with Crippen LogP contribution in [0.3, 0.4) is 0 Å². The Morgan fingerprint density at radius 2 is 1.94 bits per heavy atom. The topological polar surface area (TPSA) is 243 Å². The number of nitrogens with zero attached hydrogens (tertiary/aromatic N) is 5. The lowest BCUT2D eigenvalue weighted by atomic mass is 9.95. The predicted octanol–water partition coefficient (Wildman–Crippen LogP) is 0.657. The van der Waals surface area contributed by atoms with E-state index in [2.05, 4.69) is 24.9 Å². The SMILES string of the molecule is Cc1ccc(OP(=O)(NC(C)C(=O)OC2CCC2)OC2C3OC(n4cnc5c(N(C)NS(C)(=O)=O)nc(N)nc54)[C@](C)(O)[C@]32O)cc1. The average molecular weight is 697 g/mol. The van der Waals surface area contributed by atoms with Crippen molar-refractivity contribution >= 4 is 46.7 Å². The molecule has 6 N–H and O–H groups in total. The van der Waals surface area contributed by atoms with Crippen molar-refractivity contribution in [3.63, 3.8) is 0 Å². The van der Waals surface area contributed by atoms with Gasteiger partial charge in [0.2, 0.25) is 16.0 Å². The molecule has 18 nitrogen and oxygen atoms in total. The van der Waals surface area contributed by atoms with Crippen LogP contribution in [0, 0.1) is 6.92 Å². The molecule has 2 aliphatic carbocycles. The second kappa shape index (κ2) is 11.6. The van der Waals surface area contributed by atoms with Gasteiger partial charge in [0.25, 0.3) is 0 Å². The van der Waals surface area contributed by atoms with Crippen molar-refractivity contribution in [2.24, 2.45) is 0 Å². The van der Waals surface area contributed by atoms with Crippen molar-refractivity contribution in [3.05, 3.63) is 36.2 Å². The molecule has 256 valence electrons. The first-order valence-corrected chi connectivity index (χ1v) is 18.2. The minimum Gasteiger partial charge on any atom is -0.461 e. The number of ether oxygens (including phenoxy) is 2. The molecule has 3 aromatic rings. The van der Waals surface area contributed by atoms with Crippen molar-refractivity contribution in [2.45, 2.75) is 81.8 Å². The van der Waals surface area contributed by atoms with Gasteiger partial charge in [-0.15, -0.1) is 4.83 Å². The monoisotopic (exact) mass is 696 g/mol. The van der Waals surface area contributed by atoms with Crippen LogP contribution in [0.25, 0.3) is 11.2 Å². The molecule has 2 saturated carbocycles. The fourth-order valence-corrected chi connectivity index (χ4v) is 7.92. The van der Waals surface area contributed by atoms with E-state index in [1.807, 2.05) is 6.92 Å². The van der Waals surface area contributed by atoms with Crippen LogP contribution < -0.4 is 25.2 Å². The van der Waals surface area contributed by atoms with E-state index < -0.39 is 59.4 Å². The summed E-state index contributed by atoms with van der Waals surface area (Å²) in [5.41, 5.74) is 2.81. The van der Waals surface area contributed by atoms with Crippen LogP contribution in [-0.2, 0) is 33.4 Å². The molecule has 0 amide bonds. The minimum absolute atomic E-state index is 0.0182. The molecule has 7 atom stereocenters. The molecular formula is C27H37N8O10PS. The van der Waals surface area contributed by atoms with Crippen molar-refractivity contribution < 1.29 is 46.5 Å². The molecule has 1 aromatic carbocycles. The van der Waals surface area contributed by atoms with Gasteiger partial charge in [-0.25, -0.2) is 18.0 Å². The van der Waals surface area contributed by atoms with Gasteiger partial charge in [-0.3, -0.25) is 18.9 Å². The van der Waals surface area contributed by atoms with Crippen molar-refractivity contribution in [1.82, 2.24) is 29.4 Å². The molecule has 5 unspecified atom stereocenters. The molecule has 1 saturated heterocycles. The Hall–Kier alpha value is -3.42. The van der Waals surface area contributed by atoms with Gasteiger partial charge in [0.1, 0.15) is 35.7 Å². The quantitative estimate of drug-likeness (QED) is 0.0992. The Morgan fingerprint density at radius 1 is 1.26 bits per heavy atom. The number of fused-ring (bicyclic) bond motifs is 2. The smallest absolute Gasteiger partial charge is 0.459 e. The van der Waals surface area contributed by atoms with Crippen LogP contribution in [0.15, 0.2) is 30.6 Å². The zero-order valence-electron chi connectivity index (χ0n) is 26.2. The van der Waals surface area contributed by atoms with Gasteiger partial charge in [0.05, 0.1) is 12.6 Å². The van der Waals surface area contributed by atoms with Crippen molar-refractivity contribution in [2.75, 3.05) is 24.0 Å². The van der Waals surface area contributed by atoms with Crippen LogP contribution in [0.5, 0.6) is 5.75 Å². The number of benzene rings is 1. The maximum Gasteiger partial charge on any atom is 0.459 e. The molecule has 47 heavy (non-hydrogen) atoms. The van der Waals surface area contributed by atoms with Gasteiger partial charge in [-0.05, 0) is 52.2 Å². The Bertz CT molecular complexity index is 1850. The number of nitrogen functional groups attached to an aromatic ring is 1. The van der Waals surface area contributed by atoms with Gasteiger partial charge in [0.15, 0.2) is 28.8 Å². The molecule has 0 spiro atoms. The number of anilines is 2. The number of aliphatic hydroxyl groups is 2. The summed E-state index contributed by atoms with van der Waals surface area (Å²) < 4.78 is 62.2. The first-order valence-electron chi connectivity index (χ1n) is 14.8. The highest BCUT2D eigenvalue weighted by molar-refractivity contribution is 7.88. The fraction of sp³-hybridized carbons (Fsp3) is 0.556. The molecule has 3 aliphatic rings. The summed E-state index contributed by atoms with van der Waals surface area (Å²) in [7, 11) is -6.72. The standard InChI is InChI=1S/C27H37N8O10PS/c1-14-9-11-17(12-10-14)44-46(39,32-15(2)23(36)42-16-7-6-8-16)45-20-19-27(20,38)26(3,37)24(43-19)35-13-29-18-21(30-25(28)31-22(18)35)34(4)33-47(5,40)41/h9-13,15-16,19-20,24,33,37-38H,6-8H2,1-5H3,(H,32,39)(H2,28,30,31)/t15?,19?,20?,24?,26-,27-,46?/m0/s1. The number of aromatic nitrogens is 4. The van der Waals surface area contributed by atoms with Crippen molar-refractivity contribution in [3.8, 4) is 5.75 Å². The Balaban J connectivity index is 1.25. The fourth-order valence-electron chi connectivity index (χ4n) is 5.63. The van der Waals surface area contributed by atoms with E-state index in [1.165, 1.54) is 31.8 Å². The number of imidazole rings is 1. The van der Waals surface area contributed by atoms with Crippen LogP contribution >= 0.6 is 7.75 Å². The van der Waals surface area contributed by atoms with E-state index in [0.717, 1.165) is 36.1 Å². The van der Waals surface area contributed by atoms with Crippen LogP contribution in [0.4, 0.5) is 11.8 Å². The number of hydrogen-bond donors (Lipinski definition) is 5. The number of carbonyl (C=O) groups is 1. The van der Waals surface area contributed by atoms with E-state index in [0.29, 0.717) is 0 Å². The van der Waals surface area contributed by atoms with Gasteiger partial charge < -0.3 is 29.9 Å². The van der Waals surface area contributed by atoms with Gasteiger partial charge >= 0.3 is 13.7 Å². The lowest BCUT2D eigenvalue weighted by Crippen LogP contribution is -2.49. The second-order valence-electron chi connectivity index (χ2n) is 12.3. The summed E-state index contributed by atoms with van der Waals surface area (Å²) in [6, 6.07) is 5.51. The number of sulfonamides is 1. The molecule has 0 bridgehead atoms. The van der Waals surface area contributed by atoms with Crippen molar-refractivity contribution in [1.29, 1.82) is 0 Å². The van der Waals surface area contributed by atoms with Crippen LogP contribution in [0.2, 0.25) is 0 Å². The molecule has 1 aliphatic heterocycles. The summed E-state index contributed by atoms with van der Waals surface area (Å²) in [6.07, 6.45) is 0.594. The zero-order valence-corrected chi connectivity index (χ0v) is 27.9. The average Bonchev–Trinajstić information content (AvgIpc) is 3.19. The maximum atomic E-state index is 14.2. The summed E-state index contributed by atoms with van der Waals surface area (Å²) in [4.78, 5) is 27.5. The Labute approximate surface area is 270 Å². The summed E-state index contributed by atoms with van der Waals surface area (Å²) in [5.74, 6) is -0.689. The van der Waals surface area contributed by atoms with Crippen LogP contribution in [0.1, 0.15) is 44.9 Å². The van der Waals surface area contributed by atoms with E-state index in [-0.39, 0.29) is 34.8 Å². The number of carbonyl (C=O) groups excluding carboxylic acids is 1. The highest BCUT2D eigenvalue weighted by atomic mass is 32.2. The third kappa shape index (κ3) is 6.17. The van der Waals surface area contributed by atoms with E-state index >= 15 is 0 Å². The molecule has 3 heterocycles. The lowest BCUT2D eigenvalue weighted by Gasteiger charge is -2.34. The number of aryl methyl sites for hydroxylation is 1. The number of rotatable bonds is 12. The Kier molecular flexibility index (Phi) is 8.28. The predicted molar refractivity (Wildman–Crippen MR) is 166 cm³/mol. The highest BCUT2D eigenvalue weighted by Crippen LogP contribution is 2.65. The second-order valence-corrected chi connectivity index (χ2v) is 15.7. The highest BCUT2D eigenvalue weighted by Gasteiger charge is 2.84. The third-order valence-electron chi connectivity index (χ3n) is 8.43. The first kappa shape index (κ1) is 33.5. The molecular weight excluding hydrogens is 659 g/mol. The number of nitrogens with two attached hydrogens (primary N) is 1. The molecule has 6 rings (SSSR count). The molecule has 0 radical (unpaired) electrons. The largest absolute Gasteiger partial charge is 0.461 e. The van der Waals surface area contributed by atoms with E-state index in [9.17, 15) is 28.0 Å². The zero-order chi connectivity index (χ0) is 34.1. The summed E-state index contributed by atoms with van der Waals surface area (Å²) >= 11 is 0. The number of hydrazine groups is 1. The van der Waals surface area contributed by atoms with E-state index in [1.54, 1.807) is 24.3 Å². The number of nitrogens with one attached hydrogen (secondary N) is 2. The normalized spacial score (nSPS) is 29.0. The summed E-state index contributed by atoms with van der Waals surface area (Å²) in [6.45, 7) is 4.62.